The van der Waals surface area contributed by atoms with E-state index in [-0.39, 0.29) is 0 Å². The van der Waals surface area contributed by atoms with Gasteiger partial charge in [0.25, 0.3) is 0 Å². The second kappa shape index (κ2) is 12.8. The number of nitrogens with zero attached hydrogens (tertiary/aromatic N) is 8. The second-order valence-corrected chi connectivity index (χ2v) is 3.64. The van der Waals surface area contributed by atoms with Gasteiger partial charge in [0, 0.05) is 0 Å². The van der Waals surface area contributed by atoms with Gasteiger partial charge in [0.05, 0.1) is 0 Å². The van der Waals surface area contributed by atoms with Crippen LogP contribution in [0, 0.1) is 0 Å². The minimum atomic E-state index is 1.26. The third-order valence-corrected chi connectivity index (χ3v) is 1.99. The summed E-state index contributed by atoms with van der Waals surface area (Å²) in [4.78, 5) is 7.07. The van der Waals surface area contributed by atoms with Crippen LogP contribution in [0.3, 0.4) is 0 Å². The van der Waals surface area contributed by atoms with E-state index in [2.05, 4.69) is 48.8 Å². The number of hydrogen-bond acceptors (Lipinski definition) is 12. The van der Waals surface area contributed by atoms with Crippen LogP contribution in [-0.2, 0) is 0 Å². The fourth-order valence-electron chi connectivity index (χ4n) is 0.544. The Balaban J connectivity index is 0.000000133. The summed E-state index contributed by atoms with van der Waals surface area (Å²) in [7, 11) is 0. The quantitative estimate of drug-likeness (QED) is 0.467. The van der Waals surface area contributed by atoms with Crippen LogP contribution in [0.4, 0.5) is 0 Å². The van der Waals surface area contributed by atoms with Crippen molar-refractivity contribution in [2.24, 2.45) is 0 Å². The topological polar surface area (TPSA) is 129 Å². The molecule has 0 aromatic carbocycles. The highest BCUT2D eigenvalue weighted by molar-refractivity contribution is 7.07. The molecule has 104 valence electrons. The maximum absolute atomic E-state index is 4.36. The highest BCUT2D eigenvalue weighted by Gasteiger charge is 1.62. The lowest BCUT2D eigenvalue weighted by molar-refractivity contribution is 0.416. The zero-order valence-corrected chi connectivity index (χ0v) is 11.5. The van der Waals surface area contributed by atoms with Crippen molar-refractivity contribution < 1.29 is 8.94 Å². The Labute approximate surface area is 120 Å². The van der Waals surface area contributed by atoms with Crippen LogP contribution < -0.4 is 0 Å². The van der Waals surface area contributed by atoms with Crippen LogP contribution in [0.15, 0.2) is 57.3 Å². The Morgan fingerprint density at radius 3 is 1.75 bits per heavy atom. The summed E-state index contributed by atoms with van der Waals surface area (Å²) in [5.74, 6) is 0. The monoisotopic (exact) mass is 312 g/mol. The van der Waals surface area contributed by atoms with Gasteiger partial charge in [-0.25, -0.2) is 9.97 Å². The van der Waals surface area contributed by atoms with E-state index >= 15 is 0 Å². The molecule has 0 amide bonds. The van der Waals surface area contributed by atoms with Crippen molar-refractivity contribution in [3.8, 4) is 0 Å². The third kappa shape index (κ3) is 10.5. The van der Waals surface area contributed by atoms with E-state index in [4.69, 9.17) is 0 Å². The second-order valence-electron chi connectivity index (χ2n) is 2.32. The molecule has 4 heterocycles. The summed E-state index contributed by atoms with van der Waals surface area (Å²) in [6.45, 7) is 0. The molecule has 0 saturated heterocycles. The molecule has 0 spiro atoms. The van der Waals surface area contributed by atoms with Gasteiger partial charge >= 0.3 is 0 Å². The lowest BCUT2D eigenvalue weighted by atomic mass is 11.3. The first kappa shape index (κ1) is 15.5. The molecular weight excluding hydrogens is 304 g/mol. The largest absolute Gasteiger partial charge is 0.431 e. The lowest BCUT2D eigenvalue weighted by Crippen LogP contribution is -1.53. The molecule has 0 N–H and O–H groups in total. The average Bonchev–Trinajstić information content (AvgIpc) is 3.40. The number of rotatable bonds is 0. The first-order valence-electron chi connectivity index (χ1n) is 4.76. The van der Waals surface area contributed by atoms with Gasteiger partial charge in [0.1, 0.15) is 22.9 Å². The molecule has 0 fully saturated rings. The van der Waals surface area contributed by atoms with Crippen LogP contribution in [-0.4, -0.2) is 39.9 Å². The van der Waals surface area contributed by atoms with E-state index in [1.807, 2.05) is 0 Å². The zero-order chi connectivity index (χ0) is 14.1. The van der Waals surface area contributed by atoms with Crippen molar-refractivity contribution >= 4 is 22.9 Å². The van der Waals surface area contributed by atoms with Crippen molar-refractivity contribution in [1.29, 1.82) is 0 Å². The van der Waals surface area contributed by atoms with Crippen molar-refractivity contribution in [1.82, 2.24) is 39.9 Å². The zero-order valence-electron chi connectivity index (χ0n) is 9.83. The molecule has 0 saturated carbocycles. The molecule has 20 heavy (non-hydrogen) atoms. The van der Waals surface area contributed by atoms with Gasteiger partial charge in [-0.05, 0) is 11.5 Å². The first-order chi connectivity index (χ1) is 10.0. The van der Waals surface area contributed by atoms with Crippen molar-refractivity contribution in [2.45, 2.75) is 0 Å². The van der Waals surface area contributed by atoms with Gasteiger partial charge < -0.3 is 8.94 Å². The molecule has 0 atom stereocenters. The van der Waals surface area contributed by atoms with E-state index in [1.54, 1.807) is 16.5 Å². The minimum Gasteiger partial charge on any atom is -0.431 e. The normalized spacial score (nSPS) is 8.00. The van der Waals surface area contributed by atoms with Crippen molar-refractivity contribution in [3.05, 3.63) is 48.4 Å². The van der Waals surface area contributed by atoms with Crippen LogP contribution in [0.5, 0.6) is 0 Å². The summed E-state index contributed by atoms with van der Waals surface area (Å²) in [5.41, 5.74) is 5.04. The number of hydrogen-bond donors (Lipinski definition) is 0. The van der Waals surface area contributed by atoms with E-state index in [9.17, 15) is 0 Å². The molecule has 0 bridgehead atoms. The Kier molecular flexibility index (Phi) is 9.93. The van der Waals surface area contributed by atoms with Gasteiger partial charge in [-0.3, -0.25) is 0 Å². The van der Waals surface area contributed by atoms with Crippen LogP contribution in [0.25, 0.3) is 0 Å². The highest BCUT2D eigenvalue weighted by Crippen LogP contribution is 1.80. The van der Waals surface area contributed by atoms with Gasteiger partial charge in [-0.15, -0.1) is 31.7 Å². The molecule has 0 unspecified atom stereocenters. The van der Waals surface area contributed by atoms with E-state index < -0.39 is 0 Å². The van der Waals surface area contributed by atoms with Gasteiger partial charge in [-0.1, -0.05) is 5.16 Å². The standard InChI is InChI=1S/2C2H2N2O.2C2H2N2S/c1-3-4-2-5-1;1-3-2-5-4-1;1-3-4-2-5-1;1-3-2-5-4-1/h4*1-2H. The molecule has 4 aromatic rings. The highest BCUT2D eigenvalue weighted by atomic mass is 32.1. The van der Waals surface area contributed by atoms with Crippen LogP contribution >= 0.6 is 22.9 Å². The Bertz CT molecular complexity index is 365. The molecule has 12 heteroatoms. The maximum atomic E-state index is 4.36. The summed E-state index contributed by atoms with van der Waals surface area (Å²) in [6.07, 6.45) is 6.64. The number of aromatic nitrogens is 8. The van der Waals surface area contributed by atoms with Crippen LogP contribution in [0.1, 0.15) is 0 Å². The summed E-state index contributed by atoms with van der Waals surface area (Å²) < 4.78 is 12.2. The average molecular weight is 312 g/mol. The smallest absolute Gasteiger partial charge is 0.213 e. The fourth-order valence-corrected chi connectivity index (χ4v) is 1.09. The molecule has 0 aliphatic carbocycles. The molecule has 10 nitrogen and oxygen atoms in total. The lowest BCUT2D eigenvalue weighted by Gasteiger charge is -1.45. The van der Waals surface area contributed by atoms with Gasteiger partial charge in [0.2, 0.25) is 19.2 Å². The maximum Gasteiger partial charge on any atom is 0.213 e. The first-order valence-corrected chi connectivity index (χ1v) is 6.54. The van der Waals surface area contributed by atoms with E-state index in [0.29, 0.717) is 0 Å². The Hall–Kier alpha value is -2.60. The molecule has 0 radical (unpaired) electrons. The Morgan fingerprint density at radius 1 is 0.750 bits per heavy atom. The van der Waals surface area contributed by atoms with Crippen LogP contribution in [0.2, 0.25) is 0 Å². The van der Waals surface area contributed by atoms with Gasteiger partial charge in [0.15, 0.2) is 6.33 Å². The fraction of sp³-hybridized carbons (Fsp3) is 0. The van der Waals surface area contributed by atoms with Crippen molar-refractivity contribution in [2.75, 3.05) is 0 Å². The molecule has 0 aliphatic rings. The summed E-state index contributed by atoms with van der Waals surface area (Å²) in [6, 6.07) is 0. The SMILES string of the molecule is c1ncon1.c1ncsn1.c1nnco1.c1nncs1. The van der Waals surface area contributed by atoms with Gasteiger partial charge in [-0.2, -0.15) is 4.37 Å². The predicted molar refractivity (Wildman–Crippen MR) is 68.4 cm³/mol. The summed E-state index contributed by atoms with van der Waals surface area (Å²) >= 11 is 2.84. The van der Waals surface area contributed by atoms with E-state index in [0.717, 1.165) is 0 Å². The molecule has 4 aromatic heterocycles. The molecule has 4 rings (SSSR count). The molecular formula is C8H8N8O2S2. The minimum absolute atomic E-state index is 1.26. The Morgan fingerprint density at radius 2 is 1.55 bits per heavy atom. The third-order valence-electron chi connectivity index (χ3n) is 1.13. The molecule has 0 aliphatic heterocycles. The predicted octanol–water partition coefficient (Wildman–Crippen LogP) is 1.22. The van der Waals surface area contributed by atoms with Crippen molar-refractivity contribution in [3.63, 3.8) is 0 Å². The van der Waals surface area contributed by atoms with E-state index in [1.165, 1.54) is 54.7 Å². The summed E-state index contributed by atoms with van der Waals surface area (Å²) in [5, 5.41) is 16.8.